The first-order valence-electron chi connectivity index (χ1n) is 12.3. The number of amides is 1. The van der Waals surface area contributed by atoms with Gasteiger partial charge in [0.1, 0.15) is 17.3 Å². The molecule has 0 saturated carbocycles. The number of aliphatic hydroxyl groups is 1. The van der Waals surface area contributed by atoms with Crippen LogP contribution in [-0.4, -0.2) is 44.1 Å². The van der Waals surface area contributed by atoms with Crippen LogP contribution in [0.1, 0.15) is 53.9 Å². The van der Waals surface area contributed by atoms with Gasteiger partial charge in [-0.1, -0.05) is 45.0 Å². The van der Waals surface area contributed by atoms with Crippen LogP contribution in [0.25, 0.3) is 5.76 Å². The molecule has 202 valence electrons. The zero-order valence-corrected chi connectivity index (χ0v) is 22.8. The van der Waals surface area contributed by atoms with Gasteiger partial charge in [0.05, 0.1) is 44.1 Å². The third-order valence-electron chi connectivity index (χ3n) is 6.77. The van der Waals surface area contributed by atoms with Gasteiger partial charge in [-0.25, -0.2) is 4.79 Å². The maximum absolute atomic E-state index is 13.5. The van der Waals surface area contributed by atoms with Crippen molar-refractivity contribution in [2.45, 2.75) is 32.2 Å². The van der Waals surface area contributed by atoms with Gasteiger partial charge in [-0.15, -0.1) is 0 Å². The lowest BCUT2D eigenvalue weighted by Crippen LogP contribution is -2.29. The molecule has 0 aromatic heterocycles. The van der Waals surface area contributed by atoms with E-state index in [1.54, 1.807) is 30.3 Å². The number of carbonyl (C=O) groups excluding carboxylic acids is 3. The lowest BCUT2D eigenvalue weighted by molar-refractivity contribution is -0.132. The molecule has 1 amide bonds. The van der Waals surface area contributed by atoms with E-state index < -0.39 is 23.7 Å². The number of nitrogens with zero attached hydrogens (tertiary/aromatic N) is 1. The number of aliphatic hydroxyl groups excluding tert-OH is 1. The monoisotopic (exact) mass is 529 g/mol. The lowest BCUT2D eigenvalue weighted by atomic mass is 9.85. The van der Waals surface area contributed by atoms with Gasteiger partial charge in [0.25, 0.3) is 11.7 Å². The largest absolute Gasteiger partial charge is 0.507 e. The minimum atomic E-state index is -0.945. The van der Waals surface area contributed by atoms with Gasteiger partial charge in [-0.05, 0) is 59.0 Å². The molecule has 39 heavy (non-hydrogen) atoms. The molecule has 1 unspecified atom stereocenters. The van der Waals surface area contributed by atoms with Gasteiger partial charge in [-0.2, -0.15) is 0 Å². The van der Waals surface area contributed by atoms with Gasteiger partial charge >= 0.3 is 5.97 Å². The molecule has 0 spiro atoms. The number of Topliss-reactive ketones (excluding diaryl/α,β-unsaturated/α-hetero) is 1. The molecule has 3 aromatic carbocycles. The Labute approximate surface area is 227 Å². The summed E-state index contributed by atoms with van der Waals surface area (Å²) in [6.45, 7) is 6.27. The van der Waals surface area contributed by atoms with Gasteiger partial charge in [0.2, 0.25) is 0 Å². The van der Waals surface area contributed by atoms with Crippen molar-refractivity contribution in [3.63, 3.8) is 0 Å². The van der Waals surface area contributed by atoms with Crippen LogP contribution in [0.5, 0.6) is 11.5 Å². The molecular weight excluding hydrogens is 498 g/mol. The maximum Gasteiger partial charge on any atom is 0.337 e. The number of hydrogen-bond donors (Lipinski definition) is 1. The van der Waals surface area contributed by atoms with Crippen molar-refractivity contribution in [1.29, 1.82) is 0 Å². The molecule has 1 atom stereocenters. The molecule has 8 heteroatoms. The van der Waals surface area contributed by atoms with Crippen LogP contribution < -0.4 is 14.4 Å². The minimum Gasteiger partial charge on any atom is -0.507 e. The Kier molecular flexibility index (Phi) is 7.49. The average molecular weight is 530 g/mol. The molecule has 4 rings (SSSR count). The second-order valence-electron chi connectivity index (χ2n) is 10.1. The number of esters is 1. The summed E-state index contributed by atoms with van der Waals surface area (Å²) in [7, 11) is 4.21. The minimum absolute atomic E-state index is 0.0906. The highest BCUT2D eigenvalue weighted by Crippen LogP contribution is 2.44. The van der Waals surface area contributed by atoms with Gasteiger partial charge in [0, 0.05) is 5.69 Å². The van der Waals surface area contributed by atoms with Crippen molar-refractivity contribution >= 4 is 29.1 Å². The van der Waals surface area contributed by atoms with Crippen molar-refractivity contribution in [3.8, 4) is 11.5 Å². The Morgan fingerprint density at radius 3 is 2.05 bits per heavy atom. The van der Waals surface area contributed by atoms with E-state index in [1.807, 2.05) is 24.3 Å². The van der Waals surface area contributed by atoms with E-state index in [1.165, 1.54) is 38.4 Å². The number of ether oxygens (including phenoxy) is 3. The average Bonchev–Trinajstić information content (AvgIpc) is 3.21. The van der Waals surface area contributed by atoms with E-state index in [-0.39, 0.29) is 22.3 Å². The molecule has 3 aromatic rings. The number of methoxy groups -OCH3 is 3. The summed E-state index contributed by atoms with van der Waals surface area (Å²) < 4.78 is 15.5. The molecule has 0 bridgehead atoms. The van der Waals surface area contributed by atoms with Gasteiger partial charge in [-0.3, -0.25) is 14.5 Å². The highest BCUT2D eigenvalue weighted by atomic mass is 16.5. The molecule has 1 aliphatic heterocycles. The summed E-state index contributed by atoms with van der Waals surface area (Å²) in [5.74, 6) is -1.82. The topological polar surface area (TPSA) is 102 Å². The van der Waals surface area contributed by atoms with Crippen LogP contribution in [0.2, 0.25) is 0 Å². The van der Waals surface area contributed by atoms with Crippen molar-refractivity contribution in [1.82, 2.24) is 0 Å². The van der Waals surface area contributed by atoms with E-state index in [9.17, 15) is 19.5 Å². The number of hydrogen-bond acceptors (Lipinski definition) is 7. The SMILES string of the molecule is COC(=O)c1ccc(N2C(=O)C(=O)/C(=C(/O)c3cc(OC)ccc3OC)C2c2ccc(C(C)(C)C)cc2)cc1. The number of ketones is 1. The molecule has 1 fully saturated rings. The number of anilines is 1. The van der Waals surface area contributed by atoms with Crippen LogP contribution in [-0.2, 0) is 19.7 Å². The van der Waals surface area contributed by atoms with E-state index in [2.05, 4.69) is 20.8 Å². The summed E-state index contributed by atoms with van der Waals surface area (Å²) in [5.41, 5.74) is 2.39. The predicted molar refractivity (Wildman–Crippen MR) is 147 cm³/mol. The summed E-state index contributed by atoms with van der Waals surface area (Å²) in [4.78, 5) is 40.3. The molecule has 1 heterocycles. The molecule has 0 radical (unpaired) electrons. The van der Waals surface area contributed by atoms with Crippen LogP contribution in [0.15, 0.2) is 72.3 Å². The summed E-state index contributed by atoms with van der Waals surface area (Å²) >= 11 is 0. The fourth-order valence-electron chi connectivity index (χ4n) is 4.60. The lowest BCUT2D eigenvalue weighted by Gasteiger charge is -2.27. The van der Waals surface area contributed by atoms with Gasteiger partial charge < -0.3 is 19.3 Å². The summed E-state index contributed by atoms with van der Waals surface area (Å²) in [5, 5.41) is 11.6. The second-order valence-corrected chi connectivity index (χ2v) is 10.1. The molecule has 1 N–H and O–H groups in total. The smallest absolute Gasteiger partial charge is 0.337 e. The highest BCUT2D eigenvalue weighted by Gasteiger charge is 2.47. The zero-order chi connectivity index (χ0) is 28.5. The fourth-order valence-corrected chi connectivity index (χ4v) is 4.60. The van der Waals surface area contributed by atoms with Crippen molar-refractivity contribution in [2.24, 2.45) is 0 Å². The summed E-state index contributed by atoms with van der Waals surface area (Å²) in [6.07, 6.45) is 0. The summed E-state index contributed by atoms with van der Waals surface area (Å²) in [6, 6.07) is 17.7. The standard InChI is InChI=1S/C31H31NO7/c1-31(2,3)20-11-7-18(8-12-20)26-25(27(33)23-17-22(37-4)15-16-24(23)38-5)28(34)29(35)32(26)21-13-9-19(10-14-21)30(36)39-6/h7-17,26,33H,1-6H3/b27-25+. The Morgan fingerprint density at radius 1 is 0.872 bits per heavy atom. The van der Waals surface area contributed by atoms with Gasteiger partial charge in [0.15, 0.2) is 0 Å². The fraction of sp³-hybridized carbons (Fsp3) is 0.258. The Morgan fingerprint density at radius 2 is 1.51 bits per heavy atom. The number of rotatable bonds is 6. The van der Waals surface area contributed by atoms with E-state index >= 15 is 0 Å². The first-order chi connectivity index (χ1) is 18.5. The normalized spacial score (nSPS) is 16.8. The third kappa shape index (κ3) is 5.10. The number of carbonyl (C=O) groups is 3. The highest BCUT2D eigenvalue weighted by molar-refractivity contribution is 6.51. The van der Waals surface area contributed by atoms with Crippen LogP contribution in [0.3, 0.4) is 0 Å². The molecular formula is C31H31NO7. The van der Waals surface area contributed by atoms with E-state index in [0.717, 1.165) is 5.56 Å². The second kappa shape index (κ2) is 10.6. The Balaban J connectivity index is 1.94. The first kappa shape index (κ1) is 27.4. The van der Waals surface area contributed by atoms with E-state index in [4.69, 9.17) is 14.2 Å². The molecule has 1 saturated heterocycles. The Bertz CT molecular complexity index is 1450. The maximum atomic E-state index is 13.5. The third-order valence-corrected chi connectivity index (χ3v) is 6.77. The first-order valence-corrected chi connectivity index (χ1v) is 12.3. The molecule has 8 nitrogen and oxygen atoms in total. The van der Waals surface area contributed by atoms with E-state index in [0.29, 0.717) is 28.3 Å². The van der Waals surface area contributed by atoms with Crippen molar-refractivity contribution in [2.75, 3.05) is 26.2 Å². The van der Waals surface area contributed by atoms with Crippen LogP contribution in [0.4, 0.5) is 5.69 Å². The van der Waals surface area contributed by atoms with Crippen molar-refractivity contribution < 1.29 is 33.7 Å². The van der Waals surface area contributed by atoms with Crippen molar-refractivity contribution in [3.05, 3.63) is 94.6 Å². The quantitative estimate of drug-likeness (QED) is 0.197. The van der Waals surface area contributed by atoms with Crippen LogP contribution in [0, 0.1) is 0 Å². The predicted octanol–water partition coefficient (Wildman–Crippen LogP) is 5.41. The van der Waals surface area contributed by atoms with Crippen LogP contribution >= 0.6 is 0 Å². The molecule has 1 aliphatic rings. The Hall–Kier alpha value is -4.59. The zero-order valence-electron chi connectivity index (χ0n) is 22.8. The molecule has 0 aliphatic carbocycles. The number of benzene rings is 3.